The third kappa shape index (κ3) is 2.98. The van der Waals surface area contributed by atoms with Crippen molar-refractivity contribution in [1.29, 1.82) is 0 Å². The van der Waals surface area contributed by atoms with E-state index in [1.807, 2.05) is 0 Å². The summed E-state index contributed by atoms with van der Waals surface area (Å²) in [5.74, 6) is 1.79. The summed E-state index contributed by atoms with van der Waals surface area (Å²) in [4.78, 5) is 2.71. The number of nitrogens with zero attached hydrogens (tertiary/aromatic N) is 1. The second kappa shape index (κ2) is 5.50. The van der Waals surface area contributed by atoms with Crippen LogP contribution in [0.4, 0.5) is 0 Å². The van der Waals surface area contributed by atoms with E-state index in [1.165, 1.54) is 45.3 Å². The van der Waals surface area contributed by atoms with Crippen molar-refractivity contribution in [2.45, 2.75) is 58.5 Å². The fourth-order valence-corrected chi connectivity index (χ4v) is 3.34. The molecule has 4 atom stereocenters. The van der Waals surface area contributed by atoms with Crippen LogP contribution in [-0.4, -0.2) is 36.6 Å². The van der Waals surface area contributed by atoms with E-state index in [-0.39, 0.29) is 0 Å². The van der Waals surface area contributed by atoms with Crippen molar-refractivity contribution in [2.75, 3.05) is 19.6 Å². The smallest absolute Gasteiger partial charge is 0.0220 e. The highest BCUT2D eigenvalue weighted by atomic mass is 15.2. The third-order valence-corrected chi connectivity index (χ3v) is 4.64. The second-order valence-electron chi connectivity index (χ2n) is 6.15. The predicted molar refractivity (Wildman–Crippen MR) is 69.6 cm³/mol. The van der Waals surface area contributed by atoms with E-state index < -0.39 is 0 Å². The summed E-state index contributed by atoms with van der Waals surface area (Å²) in [6, 6.07) is 1.53. The number of piperidine rings is 2. The molecule has 4 unspecified atom stereocenters. The van der Waals surface area contributed by atoms with Gasteiger partial charge in [-0.15, -0.1) is 0 Å². The van der Waals surface area contributed by atoms with Gasteiger partial charge in [0.25, 0.3) is 0 Å². The molecule has 0 amide bonds. The van der Waals surface area contributed by atoms with Crippen molar-refractivity contribution in [1.82, 2.24) is 10.2 Å². The normalized spacial score (nSPS) is 42.2. The SMILES string of the molecule is CC1CCN(CC2NCCCC2C)C(C)C1. The number of hydrogen-bond acceptors (Lipinski definition) is 2. The molecule has 0 aromatic rings. The number of likely N-dealkylation sites (tertiary alicyclic amines) is 1. The molecule has 0 saturated carbocycles. The molecule has 2 rings (SSSR count). The lowest BCUT2D eigenvalue weighted by Gasteiger charge is -2.41. The summed E-state index contributed by atoms with van der Waals surface area (Å²) in [5, 5.41) is 3.71. The molecule has 1 N–H and O–H groups in total. The molecule has 2 heterocycles. The molecular formula is C14H28N2. The predicted octanol–water partition coefficient (Wildman–Crippen LogP) is 2.49. The van der Waals surface area contributed by atoms with E-state index in [0.29, 0.717) is 0 Å². The first-order chi connectivity index (χ1) is 7.66. The van der Waals surface area contributed by atoms with Crippen LogP contribution in [0.1, 0.15) is 46.5 Å². The maximum absolute atomic E-state index is 3.71. The Balaban J connectivity index is 1.83. The van der Waals surface area contributed by atoms with Crippen molar-refractivity contribution in [3.63, 3.8) is 0 Å². The monoisotopic (exact) mass is 224 g/mol. The Morgan fingerprint density at radius 1 is 1.19 bits per heavy atom. The molecule has 2 fully saturated rings. The first kappa shape index (κ1) is 12.4. The average Bonchev–Trinajstić information content (AvgIpc) is 2.25. The van der Waals surface area contributed by atoms with Crippen LogP contribution >= 0.6 is 0 Å². The summed E-state index contributed by atoms with van der Waals surface area (Å²) in [6.07, 6.45) is 5.56. The minimum Gasteiger partial charge on any atom is -0.312 e. The highest BCUT2D eigenvalue weighted by Crippen LogP contribution is 2.24. The molecule has 0 aromatic heterocycles. The summed E-state index contributed by atoms with van der Waals surface area (Å²) >= 11 is 0. The maximum Gasteiger partial charge on any atom is 0.0220 e. The molecule has 2 aliphatic heterocycles. The molecule has 0 bridgehead atoms. The molecule has 2 nitrogen and oxygen atoms in total. The second-order valence-corrected chi connectivity index (χ2v) is 6.15. The summed E-state index contributed by atoms with van der Waals surface area (Å²) in [5.41, 5.74) is 0. The van der Waals surface area contributed by atoms with Crippen LogP contribution < -0.4 is 5.32 Å². The molecule has 0 aromatic carbocycles. The third-order valence-electron chi connectivity index (χ3n) is 4.64. The summed E-state index contributed by atoms with van der Waals surface area (Å²) < 4.78 is 0. The van der Waals surface area contributed by atoms with Crippen molar-refractivity contribution in [2.24, 2.45) is 11.8 Å². The van der Waals surface area contributed by atoms with Gasteiger partial charge in [0, 0.05) is 18.6 Å². The Morgan fingerprint density at radius 3 is 2.69 bits per heavy atom. The van der Waals surface area contributed by atoms with Crippen LogP contribution in [0.5, 0.6) is 0 Å². The van der Waals surface area contributed by atoms with Gasteiger partial charge in [-0.1, -0.05) is 13.8 Å². The van der Waals surface area contributed by atoms with Gasteiger partial charge in [0.1, 0.15) is 0 Å². The Morgan fingerprint density at radius 2 is 2.00 bits per heavy atom. The van der Waals surface area contributed by atoms with Gasteiger partial charge in [0.15, 0.2) is 0 Å². The molecule has 0 aliphatic carbocycles. The fraction of sp³-hybridized carbons (Fsp3) is 1.00. The van der Waals surface area contributed by atoms with Crippen LogP contribution in [-0.2, 0) is 0 Å². The van der Waals surface area contributed by atoms with Gasteiger partial charge in [-0.2, -0.15) is 0 Å². The van der Waals surface area contributed by atoms with Crippen LogP contribution in [0.25, 0.3) is 0 Å². The Kier molecular flexibility index (Phi) is 4.26. The van der Waals surface area contributed by atoms with Crippen molar-refractivity contribution >= 4 is 0 Å². The largest absolute Gasteiger partial charge is 0.312 e. The number of rotatable bonds is 2. The van der Waals surface area contributed by atoms with E-state index >= 15 is 0 Å². The summed E-state index contributed by atoms with van der Waals surface area (Å²) in [6.45, 7) is 11.0. The van der Waals surface area contributed by atoms with Crippen LogP contribution in [0.3, 0.4) is 0 Å². The average molecular weight is 224 g/mol. The minimum absolute atomic E-state index is 0.740. The van der Waals surface area contributed by atoms with E-state index in [0.717, 1.165) is 23.9 Å². The van der Waals surface area contributed by atoms with E-state index in [2.05, 4.69) is 31.0 Å². The maximum atomic E-state index is 3.71. The lowest BCUT2D eigenvalue weighted by Crippen LogP contribution is -2.51. The first-order valence-electron chi connectivity index (χ1n) is 7.14. The molecule has 94 valence electrons. The lowest BCUT2D eigenvalue weighted by molar-refractivity contribution is 0.0997. The van der Waals surface area contributed by atoms with Crippen molar-refractivity contribution in [3.8, 4) is 0 Å². The topological polar surface area (TPSA) is 15.3 Å². The molecular weight excluding hydrogens is 196 g/mol. The quantitative estimate of drug-likeness (QED) is 0.775. The van der Waals surface area contributed by atoms with Gasteiger partial charge in [-0.3, -0.25) is 4.90 Å². The van der Waals surface area contributed by atoms with Gasteiger partial charge < -0.3 is 5.32 Å². The van der Waals surface area contributed by atoms with Crippen molar-refractivity contribution < 1.29 is 0 Å². The van der Waals surface area contributed by atoms with E-state index in [1.54, 1.807) is 0 Å². The highest BCUT2D eigenvalue weighted by molar-refractivity contribution is 4.85. The van der Waals surface area contributed by atoms with Gasteiger partial charge >= 0.3 is 0 Å². The Bertz CT molecular complexity index is 217. The van der Waals surface area contributed by atoms with Gasteiger partial charge in [-0.05, 0) is 57.5 Å². The Hall–Kier alpha value is -0.0800. The zero-order valence-electron chi connectivity index (χ0n) is 11.2. The molecule has 0 spiro atoms. The standard InChI is InChI=1S/C14H28N2/c1-11-6-8-16(13(3)9-11)10-14-12(2)5-4-7-15-14/h11-15H,4-10H2,1-3H3. The van der Waals surface area contributed by atoms with Crippen LogP contribution in [0.15, 0.2) is 0 Å². The van der Waals surface area contributed by atoms with Crippen LogP contribution in [0, 0.1) is 11.8 Å². The van der Waals surface area contributed by atoms with Gasteiger partial charge in [0.2, 0.25) is 0 Å². The van der Waals surface area contributed by atoms with E-state index in [4.69, 9.17) is 0 Å². The van der Waals surface area contributed by atoms with Gasteiger partial charge in [-0.25, -0.2) is 0 Å². The highest BCUT2D eigenvalue weighted by Gasteiger charge is 2.28. The number of nitrogens with one attached hydrogen (secondary N) is 1. The molecule has 0 radical (unpaired) electrons. The Labute approximate surface area is 101 Å². The molecule has 2 aliphatic rings. The minimum atomic E-state index is 0.740. The van der Waals surface area contributed by atoms with Crippen molar-refractivity contribution in [3.05, 3.63) is 0 Å². The zero-order chi connectivity index (χ0) is 11.5. The fourth-order valence-electron chi connectivity index (χ4n) is 3.34. The van der Waals surface area contributed by atoms with E-state index in [9.17, 15) is 0 Å². The lowest BCUT2D eigenvalue weighted by atomic mass is 9.89. The summed E-state index contributed by atoms with van der Waals surface area (Å²) in [7, 11) is 0. The zero-order valence-corrected chi connectivity index (χ0v) is 11.2. The van der Waals surface area contributed by atoms with Gasteiger partial charge in [0.05, 0.1) is 0 Å². The first-order valence-corrected chi connectivity index (χ1v) is 7.14. The van der Waals surface area contributed by atoms with Crippen LogP contribution in [0.2, 0.25) is 0 Å². The molecule has 2 saturated heterocycles. The molecule has 16 heavy (non-hydrogen) atoms. The number of hydrogen-bond donors (Lipinski definition) is 1. The molecule has 2 heteroatoms.